The smallest absolute Gasteiger partial charge is 0.175 e. The first kappa shape index (κ1) is 9.99. The number of halogens is 2. The summed E-state index contributed by atoms with van der Waals surface area (Å²) in [6, 6.07) is 1.78. The van der Waals surface area contributed by atoms with E-state index in [4.69, 9.17) is 23.2 Å². The Balaban J connectivity index is 2.24. The van der Waals surface area contributed by atoms with Gasteiger partial charge in [-0.25, -0.2) is 0 Å². The number of hydrogen-bond donors (Lipinski definition) is 0. The molecule has 1 aromatic rings. The zero-order valence-electron chi connectivity index (χ0n) is 7.71. The molecule has 1 aliphatic rings. The van der Waals surface area contributed by atoms with E-state index in [0.717, 1.165) is 18.8 Å². The first-order chi connectivity index (χ1) is 6.77. The molecule has 2 heterocycles. The molecule has 0 amide bonds. The van der Waals surface area contributed by atoms with E-state index >= 15 is 0 Å². The molecule has 0 N–H and O–H groups in total. The molecule has 2 rings (SSSR count). The van der Waals surface area contributed by atoms with Crippen molar-refractivity contribution in [2.24, 2.45) is 0 Å². The summed E-state index contributed by atoms with van der Waals surface area (Å²) in [7, 11) is 0. The fourth-order valence-corrected chi connectivity index (χ4v) is 2.05. The summed E-state index contributed by atoms with van der Waals surface area (Å²) < 4.78 is 0. The Labute approximate surface area is 93.0 Å². The van der Waals surface area contributed by atoms with Gasteiger partial charge in [0.2, 0.25) is 0 Å². The summed E-state index contributed by atoms with van der Waals surface area (Å²) in [5.74, 6) is 0. The minimum atomic E-state index is 0.398. The Morgan fingerprint density at radius 3 is 2.50 bits per heavy atom. The van der Waals surface area contributed by atoms with Gasteiger partial charge >= 0.3 is 0 Å². The van der Waals surface area contributed by atoms with Crippen LogP contribution in [0.1, 0.15) is 19.3 Å². The Bertz CT molecular complexity index is 324. The molecule has 0 saturated carbocycles. The van der Waals surface area contributed by atoms with Crippen LogP contribution in [0.25, 0.3) is 0 Å². The average molecular weight is 232 g/mol. The van der Waals surface area contributed by atoms with Crippen LogP contribution in [-0.2, 0) is 0 Å². The maximum Gasteiger partial charge on any atom is 0.175 e. The summed E-state index contributed by atoms with van der Waals surface area (Å²) in [5, 5.41) is 8.33. The molecule has 0 bridgehead atoms. The molecule has 0 spiro atoms. The third kappa shape index (κ3) is 2.10. The third-order valence-electron chi connectivity index (χ3n) is 2.40. The highest BCUT2D eigenvalue weighted by Crippen LogP contribution is 2.27. The molecule has 0 atom stereocenters. The number of anilines is 1. The van der Waals surface area contributed by atoms with Gasteiger partial charge in [0.1, 0.15) is 0 Å². The van der Waals surface area contributed by atoms with Crippen molar-refractivity contribution in [2.75, 3.05) is 18.0 Å². The predicted molar refractivity (Wildman–Crippen MR) is 58.1 cm³/mol. The molecule has 3 nitrogen and oxygen atoms in total. The fraction of sp³-hybridized carbons (Fsp3) is 0.556. The summed E-state index contributed by atoms with van der Waals surface area (Å²) >= 11 is 11.7. The Kier molecular flexibility index (Phi) is 3.08. The van der Waals surface area contributed by atoms with Crippen LogP contribution in [0.15, 0.2) is 6.07 Å². The van der Waals surface area contributed by atoms with Gasteiger partial charge in [-0.1, -0.05) is 23.2 Å². The second-order valence-electron chi connectivity index (χ2n) is 3.39. The van der Waals surface area contributed by atoms with E-state index in [0.29, 0.717) is 10.3 Å². The Hall–Kier alpha value is -0.540. The topological polar surface area (TPSA) is 29.0 Å². The van der Waals surface area contributed by atoms with E-state index in [2.05, 4.69) is 15.1 Å². The maximum absolute atomic E-state index is 5.96. The first-order valence-electron chi connectivity index (χ1n) is 4.71. The largest absolute Gasteiger partial charge is 0.369 e. The molecule has 76 valence electrons. The van der Waals surface area contributed by atoms with Gasteiger partial charge < -0.3 is 4.90 Å². The zero-order chi connectivity index (χ0) is 9.97. The molecule has 1 saturated heterocycles. The second-order valence-corrected chi connectivity index (χ2v) is 4.14. The van der Waals surface area contributed by atoms with Crippen molar-refractivity contribution < 1.29 is 0 Å². The normalized spacial score (nSPS) is 17.1. The van der Waals surface area contributed by atoms with Crippen molar-refractivity contribution in [1.82, 2.24) is 10.2 Å². The van der Waals surface area contributed by atoms with Crippen molar-refractivity contribution >= 4 is 28.9 Å². The van der Waals surface area contributed by atoms with E-state index in [1.165, 1.54) is 19.3 Å². The van der Waals surface area contributed by atoms with Gasteiger partial charge in [-0.3, -0.25) is 0 Å². The van der Waals surface area contributed by atoms with Crippen LogP contribution in [0.5, 0.6) is 0 Å². The lowest BCUT2D eigenvalue weighted by Gasteiger charge is -2.28. The highest BCUT2D eigenvalue weighted by atomic mass is 35.5. The molecule has 1 fully saturated rings. The van der Waals surface area contributed by atoms with Crippen LogP contribution in [0, 0.1) is 0 Å². The highest BCUT2D eigenvalue weighted by molar-refractivity contribution is 6.33. The SMILES string of the molecule is Clc1cc(N2CCCCC2)c(Cl)nn1. The summed E-state index contributed by atoms with van der Waals surface area (Å²) in [6.45, 7) is 2.06. The minimum Gasteiger partial charge on any atom is -0.369 e. The van der Waals surface area contributed by atoms with Crippen LogP contribution in [0.2, 0.25) is 10.3 Å². The summed E-state index contributed by atoms with van der Waals surface area (Å²) in [6.07, 6.45) is 3.70. The number of piperidine rings is 1. The van der Waals surface area contributed by atoms with Crippen LogP contribution in [0.3, 0.4) is 0 Å². The number of aromatic nitrogens is 2. The van der Waals surface area contributed by atoms with Gasteiger partial charge in [-0.15, -0.1) is 10.2 Å². The second kappa shape index (κ2) is 4.32. The van der Waals surface area contributed by atoms with Gasteiger partial charge in [0.25, 0.3) is 0 Å². The average Bonchev–Trinajstić information content (AvgIpc) is 2.23. The molecular weight excluding hydrogens is 221 g/mol. The molecule has 0 unspecified atom stereocenters. The van der Waals surface area contributed by atoms with Crippen LogP contribution in [-0.4, -0.2) is 23.3 Å². The number of hydrogen-bond acceptors (Lipinski definition) is 3. The molecule has 0 aliphatic carbocycles. The predicted octanol–water partition coefficient (Wildman–Crippen LogP) is 2.77. The molecular formula is C9H11Cl2N3. The van der Waals surface area contributed by atoms with E-state index in [-0.39, 0.29) is 0 Å². The highest BCUT2D eigenvalue weighted by Gasteiger charge is 2.15. The quantitative estimate of drug-likeness (QED) is 0.745. The first-order valence-corrected chi connectivity index (χ1v) is 5.46. The number of rotatable bonds is 1. The van der Waals surface area contributed by atoms with Gasteiger partial charge in [0, 0.05) is 19.2 Å². The van der Waals surface area contributed by atoms with Crippen molar-refractivity contribution in [2.45, 2.75) is 19.3 Å². The van der Waals surface area contributed by atoms with Gasteiger partial charge in [-0.05, 0) is 19.3 Å². The Morgan fingerprint density at radius 2 is 1.79 bits per heavy atom. The van der Waals surface area contributed by atoms with Gasteiger partial charge in [0.05, 0.1) is 5.69 Å². The fourth-order valence-electron chi connectivity index (χ4n) is 1.70. The van der Waals surface area contributed by atoms with Crippen molar-refractivity contribution in [3.05, 3.63) is 16.4 Å². The van der Waals surface area contributed by atoms with E-state index in [9.17, 15) is 0 Å². The van der Waals surface area contributed by atoms with Crippen molar-refractivity contribution in [3.8, 4) is 0 Å². The zero-order valence-corrected chi connectivity index (χ0v) is 9.22. The third-order valence-corrected chi connectivity index (χ3v) is 2.85. The van der Waals surface area contributed by atoms with Crippen LogP contribution in [0.4, 0.5) is 5.69 Å². The van der Waals surface area contributed by atoms with E-state index in [1.807, 2.05) is 0 Å². The van der Waals surface area contributed by atoms with Crippen molar-refractivity contribution in [1.29, 1.82) is 0 Å². The lowest BCUT2D eigenvalue weighted by Crippen LogP contribution is -2.29. The minimum absolute atomic E-state index is 0.398. The molecule has 14 heavy (non-hydrogen) atoms. The lowest BCUT2D eigenvalue weighted by atomic mass is 10.1. The lowest BCUT2D eigenvalue weighted by molar-refractivity contribution is 0.577. The number of nitrogens with zero attached hydrogens (tertiary/aromatic N) is 3. The molecule has 1 aromatic heterocycles. The molecule has 5 heteroatoms. The molecule has 1 aliphatic heterocycles. The van der Waals surface area contributed by atoms with Crippen LogP contribution < -0.4 is 4.90 Å². The van der Waals surface area contributed by atoms with E-state index < -0.39 is 0 Å². The maximum atomic E-state index is 5.96. The van der Waals surface area contributed by atoms with Gasteiger partial charge in [0.15, 0.2) is 10.3 Å². The van der Waals surface area contributed by atoms with E-state index in [1.54, 1.807) is 6.07 Å². The Morgan fingerprint density at radius 1 is 1.07 bits per heavy atom. The summed E-state index contributed by atoms with van der Waals surface area (Å²) in [5.41, 5.74) is 0.909. The molecule has 0 radical (unpaired) electrons. The molecule has 0 aromatic carbocycles. The summed E-state index contributed by atoms with van der Waals surface area (Å²) in [4.78, 5) is 2.21. The standard InChI is InChI=1S/C9H11Cl2N3/c10-8-6-7(9(11)13-12-8)14-4-2-1-3-5-14/h6H,1-5H2. The monoisotopic (exact) mass is 231 g/mol. The van der Waals surface area contributed by atoms with Gasteiger partial charge in [-0.2, -0.15) is 0 Å². The van der Waals surface area contributed by atoms with Crippen LogP contribution >= 0.6 is 23.2 Å². The van der Waals surface area contributed by atoms with Crippen molar-refractivity contribution in [3.63, 3.8) is 0 Å².